The smallest absolute Gasteiger partial charge is 0.121 e. The van der Waals surface area contributed by atoms with Gasteiger partial charge < -0.3 is 5.11 Å². The van der Waals surface area contributed by atoms with Crippen LogP contribution < -0.4 is 5.32 Å². The summed E-state index contributed by atoms with van der Waals surface area (Å²) in [5, 5.41) is 20.7. The minimum Gasteiger partial charge on any atom is -0.395 e. The van der Waals surface area contributed by atoms with Gasteiger partial charge in [-0.15, -0.1) is 0 Å². The molecule has 0 saturated heterocycles. The lowest BCUT2D eigenvalue weighted by molar-refractivity contribution is 0.289. The topological polar surface area (TPSA) is 56.0 Å². The third kappa shape index (κ3) is 3.34. The lowest BCUT2D eigenvalue weighted by Crippen LogP contribution is -2.23. The first-order chi connectivity index (χ1) is 7.69. The minimum absolute atomic E-state index is 0.0439. The molecule has 0 saturated carbocycles. The summed E-state index contributed by atoms with van der Waals surface area (Å²) in [5.41, 5.74) is 2.21. The molecule has 0 fully saturated rings. The number of nitrogens with one attached hydrogen (secondary N) is 1. The van der Waals surface area contributed by atoms with Gasteiger partial charge in [-0.3, -0.25) is 5.32 Å². The van der Waals surface area contributed by atoms with Crippen LogP contribution in [0.15, 0.2) is 24.3 Å². The molecular weight excluding hydrogens is 200 g/mol. The SMILES string of the molecule is CC(C)c1ccc(C(C#N)NCCO)cc1. The van der Waals surface area contributed by atoms with Gasteiger partial charge in [-0.1, -0.05) is 38.1 Å². The molecule has 1 rings (SSSR count). The van der Waals surface area contributed by atoms with Crippen molar-refractivity contribution in [2.45, 2.75) is 25.8 Å². The molecule has 1 aromatic rings. The molecule has 2 N–H and O–H groups in total. The van der Waals surface area contributed by atoms with Gasteiger partial charge in [-0.2, -0.15) is 5.26 Å². The fraction of sp³-hybridized carbons (Fsp3) is 0.462. The summed E-state index contributed by atoms with van der Waals surface area (Å²) in [5.74, 6) is 0.500. The monoisotopic (exact) mass is 218 g/mol. The highest BCUT2D eigenvalue weighted by molar-refractivity contribution is 5.29. The number of nitrogens with zero attached hydrogens (tertiary/aromatic N) is 1. The Hall–Kier alpha value is -1.37. The van der Waals surface area contributed by atoms with Crippen molar-refractivity contribution in [2.24, 2.45) is 0 Å². The van der Waals surface area contributed by atoms with Gasteiger partial charge >= 0.3 is 0 Å². The van der Waals surface area contributed by atoms with E-state index in [4.69, 9.17) is 10.4 Å². The maximum atomic E-state index is 8.99. The molecule has 3 heteroatoms. The molecule has 1 unspecified atom stereocenters. The molecule has 1 aromatic carbocycles. The van der Waals surface area contributed by atoms with Gasteiger partial charge in [-0.25, -0.2) is 0 Å². The Kier molecular flexibility index (Phi) is 4.97. The lowest BCUT2D eigenvalue weighted by Gasteiger charge is -2.12. The minimum atomic E-state index is -0.339. The van der Waals surface area contributed by atoms with E-state index >= 15 is 0 Å². The maximum absolute atomic E-state index is 8.99. The summed E-state index contributed by atoms with van der Waals surface area (Å²) >= 11 is 0. The van der Waals surface area contributed by atoms with Gasteiger partial charge in [0.2, 0.25) is 0 Å². The van der Waals surface area contributed by atoms with Crippen LogP contribution in [0, 0.1) is 11.3 Å². The van der Waals surface area contributed by atoms with Crippen LogP contribution in [0.3, 0.4) is 0 Å². The first-order valence-corrected chi connectivity index (χ1v) is 5.52. The molecule has 0 spiro atoms. The van der Waals surface area contributed by atoms with Crippen LogP contribution in [0.1, 0.15) is 36.9 Å². The number of hydrogen-bond acceptors (Lipinski definition) is 3. The molecular formula is C13H18N2O. The second kappa shape index (κ2) is 6.26. The molecule has 0 amide bonds. The molecule has 0 aliphatic heterocycles. The molecule has 0 aliphatic rings. The molecule has 0 heterocycles. The molecule has 0 aliphatic carbocycles. The lowest BCUT2D eigenvalue weighted by atomic mass is 9.99. The van der Waals surface area contributed by atoms with Crippen molar-refractivity contribution >= 4 is 0 Å². The Labute approximate surface area is 96.7 Å². The Morgan fingerprint density at radius 1 is 1.25 bits per heavy atom. The molecule has 0 bridgehead atoms. The zero-order valence-corrected chi connectivity index (χ0v) is 9.77. The van der Waals surface area contributed by atoms with Crippen molar-refractivity contribution in [3.8, 4) is 6.07 Å². The Morgan fingerprint density at radius 2 is 1.81 bits per heavy atom. The highest BCUT2D eigenvalue weighted by Crippen LogP contribution is 2.18. The number of benzene rings is 1. The fourth-order valence-corrected chi connectivity index (χ4v) is 1.52. The van der Waals surface area contributed by atoms with Crippen molar-refractivity contribution < 1.29 is 5.11 Å². The molecule has 16 heavy (non-hydrogen) atoms. The first kappa shape index (κ1) is 12.7. The molecule has 3 nitrogen and oxygen atoms in total. The quantitative estimate of drug-likeness (QED) is 0.794. The normalized spacial score (nSPS) is 12.4. The van der Waals surface area contributed by atoms with Gasteiger partial charge in [0.25, 0.3) is 0 Å². The van der Waals surface area contributed by atoms with E-state index in [1.54, 1.807) is 0 Å². The van der Waals surface area contributed by atoms with Crippen LogP contribution in [-0.4, -0.2) is 18.3 Å². The average Bonchev–Trinajstić information content (AvgIpc) is 2.30. The van der Waals surface area contributed by atoms with Crippen molar-refractivity contribution in [1.82, 2.24) is 5.32 Å². The molecule has 0 aromatic heterocycles. The van der Waals surface area contributed by atoms with Gasteiger partial charge in [0.15, 0.2) is 0 Å². The van der Waals surface area contributed by atoms with E-state index in [-0.39, 0.29) is 12.6 Å². The summed E-state index contributed by atoms with van der Waals surface area (Å²) < 4.78 is 0. The van der Waals surface area contributed by atoms with Crippen LogP contribution in [0.5, 0.6) is 0 Å². The summed E-state index contributed by atoms with van der Waals surface area (Å²) in [7, 11) is 0. The highest BCUT2D eigenvalue weighted by atomic mass is 16.3. The third-order valence-electron chi connectivity index (χ3n) is 2.53. The second-order valence-electron chi connectivity index (χ2n) is 4.06. The Balaban J connectivity index is 2.75. The van der Waals surface area contributed by atoms with E-state index in [9.17, 15) is 0 Å². The fourth-order valence-electron chi connectivity index (χ4n) is 1.52. The number of aliphatic hydroxyl groups excluding tert-OH is 1. The van der Waals surface area contributed by atoms with Crippen LogP contribution in [0.4, 0.5) is 0 Å². The number of hydrogen-bond donors (Lipinski definition) is 2. The average molecular weight is 218 g/mol. The second-order valence-corrected chi connectivity index (χ2v) is 4.06. The Morgan fingerprint density at radius 3 is 2.25 bits per heavy atom. The third-order valence-corrected chi connectivity index (χ3v) is 2.53. The molecule has 1 atom stereocenters. The van der Waals surface area contributed by atoms with E-state index in [2.05, 4.69) is 25.2 Å². The predicted octanol–water partition coefficient (Wildman–Crippen LogP) is 1.96. The molecule has 0 radical (unpaired) electrons. The predicted molar refractivity (Wildman–Crippen MR) is 64.0 cm³/mol. The van der Waals surface area contributed by atoms with Crippen LogP contribution >= 0.6 is 0 Å². The first-order valence-electron chi connectivity index (χ1n) is 5.52. The van der Waals surface area contributed by atoms with E-state index in [1.807, 2.05) is 24.3 Å². The summed E-state index contributed by atoms with van der Waals surface area (Å²) in [4.78, 5) is 0. The van der Waals surface area contributed by atoms with Crippen molar-refractivity contribution in [2.75, 3.05) is 13.2 Å². The molecule has 86 valence electrons. The van der Waals surface area contributed by atoms with E-state index < -0.39 is 0 Å². The zero-order chi connectivity index (χ0) is 12.0. The van der Waals surface area contributed by atoms with Gasteiger partial charge in [0.1, 0.15) is 6.04 Å². The van der Waals surface area contributed by atoms with Crippen molar-refractivity contribution in [3.63, 3.8) is 0 Å². The summed E-state index contributed by atoms with van der Waals surface area (Å²) in [6.45, 7) is 4.76. The summed E-state index contributed by atoms with van der Waals surface area (Å²) in [6.07, 6.45) is 0. The summed E-state index contributed by atoms with van der Waals surface area (Å²) in [6, 6.07) is 9.87. The van der Waals surface area contributed by atoms with Crippen LogP contribution in [0.2, 0.25) is 0 Å². The number of aliphatic hydroxyl groups is 1. The highest BCUT2D eigenvalue weighted by Gasteiger charge is 2.09. The standard InChI is InChI=1S/C13H18N2O/c1-10(2)11-3-5-12(6-4-11)13(9-14)15-7-8-16/h3-6,10,13,15-16H,7-8H2,1-2H3. The van der Waals surface area contributed by atoms with E-state index in [0.717, 1.165) is 5.56 Å². The van der Waals surface area contributed by atoms with Gasteiger partial charge in [0, 0.05) is 6.54 Å². The Bertz CT molecular complexity index is 351. The van der Waals surface area contributed by atoms with Crippen LogP contribution in [-0.2, 0) is 0 Å². The number of nitriles is 1. The zero-order valence-electron chi connectivity index (χ0n) is 9.77. The van der Waals surface area contributed by atoms with E-state index in [1.165, 1.54) is 5.56 Å². The largest absolute Gasteiger partial charge is 0.395 e. The number of rotatable bonds is 5. The van der Waals surface area contributed by atoms with E-state index in [0.29, 0.717) is 12.5 Å². The van der Waals surface area contributed by atoms with Gasteiger partial charge in [0.05, 0.1) is 12.7 Å². The van der Waals surface area contributed by atoms with Gasteiger partial charge in [-0.05, 0) is 17.0 Å². The van der Waals surface area contributed by atoms with Crippen LogP contribution in [0.25, 0.3) is 0 Å². The van der Waals surface area contributed by atoms with Crippen molar-refractivity contribution in [1.29, 1.82) is 5.26 Å². The van der Waals surface area contributed by atoms with Crippen molar-refractivity contribution in [3.05, 3.63) is 35.4 Å². The maximum Gasteiger partial charge on any atom is 0.121 e.